The molecule has 0 amide bonds. The van der Waals surface area contributed by atoms with Crippen LogP contribution in [0.25, 0.3) is 0 Å². The van der Waals surface area contributed by atoms with Crippen molar-refractivity contribution in [3.63, 3.8) is 0 Å². The van der Waals surface area contributed by atoms with E-state index in [9.17, 15) is 10.2 Å². The number of hydrogen-bond donors (Lipinski definition) is 4. The van der Waals surface area contributed by atoms with Gasteiger partial charge in [0, 0.05) is 24.2 Å². The van der Waals surface area contributed by atoms with Crippen molar-refractivity contribution in [2.75, 3.05) is 6.54 Å². The number of nitrogens with one attached hydrogen (secondary N) is 2. The van der Waals surface area contributed by atoms with Gasteiger partial charge in [-0.3, -0.25) is 0 Å². The summed E-state index contributed by atoms with van der Waals surface area (Å²) in [7, 11) is 0. The average Bonchev–Trinajstić information content (AvgIpc) is 3.74. The molecule has 1 aromatic carbocycles. The maximum Gasteiger partial charge on any atom is 0.0696 e. The van der Waals surface area contributed by atoms with Gasteiger partial charge in [0.1, 0.15) is 0 Å². The normalized spacial score (nSPS) is 45.9. The lowest BCUT2D eigenvalue weighted by atomic mass is 9.47. The summed E-state index contributed by atoms with van der Waals surface area (Å²) in [6.45, 7) is 17.0. The first-order valence-corrected chi connectivity index (χ1v) is 20.9. The molecule has 0 aromatic heterocycles. The smallest absolute Gasteiger partial charge is 0.0696 e. The Kier molecular flexibility index (Phi) is 9.39. The molecule has 6 aliphatic carbocycles. The highest BCUT2D eigenvalue weighted by molar-refractivity contribution is 5.44. The van der Waals surface area contributed by atoms with Gasteiger partial charge in [-0.25, -0.2) is 0 Å². The first-order chi connectivity index (χ1) is 23.9. The van der Waals surface area contributed by atoms with Crippen molar-refractivity contribution in [3.05, 3.63) is 70.8 Å². The minimum Gasteiger partial charge on any atom is -0.392 e. The zero-order valence-electron chi connectivity index (χ0n) is 32.0. The Morgan fingerprint density at radius 2 is 1.84 bits per heavy atom. The number of hydrogen-bond acceptors (Lipinski definition) is 4. The van der Waals surface area contributed by atoms with E-state index in [4.69, 9.17) is 0 Å². The topological polar surface area (TPSA) is 64.5 Å². The molecule has 274 valence electrons. The second kappa shape index (κ2) is 13.3. The molecule has 1 saturated heterocycles. The second-order valence-electron chi connectivity index (χ2n) is 19.6. The Bertz CT molecular complexity index is 1500. The molecule has 0 bridgehead atoms. The molecule has 0 radical (unpaired) electrons. The highest BCUT2D eigenvalue weighted by atomic mass is 16.3. The number of allylic oxidation sites excluding steroid dienone is 4. The predicted molar refractivity (Wildman–Crippen MR) is 206 cm³/mol. The van der Waals surface area contributed by atoms with Crippen LogP contribution in [0.4, 0.5) is 0 Å². The third-order valence-corrected chi connectivity index (χ3v) is 16.7. The standard InChI is InChI=1S/C46H68N2O2/c1-28(2)35-21-39-29(3)18-36(25-44(39,5)46(26-35)17-16-32(24-46)13-12-31-10-8-7-9-11-31)40-15-14-37-20-34-19-33-22-41(47-27-30(4)49)42(50)23-38(33)43(34)45(37,6)48-40/h7-11,18,30,32-35,37-38,40-43,47-50H,1,12-17,19-27H2,2-6H3/t30-,32+,33-,34-,35-,37+,38+,40-,41+,42+,43+,44-,45+,46+/m0/s1. The molecule has 1 spiro atoms. The van der Waals surface area contributed by atoms with Crippen molar-refractivity contribution >= 4 is 0 Å². The molecule has 4 heteroatoms. The fourth-order valence-electron chi connectivity index (χ4n) is 14.2. The number of rotatable bonds is 8. The van der Waals surface area contributed by atoms with Crippen LogP contribution < -0.4 is 10.6 Å². The molecule has 4 nitrogen and oxygen atoms in total. The van der Waals surface area contributed by atoms with Crippen LogP contribution in [-0.4, -0.2) is 46.6 Å². The van der Waals surface area contributed by atoms with Crippen molar-refractivity contribution in [2.45, 2.75) is 154 Å². The van der Waals surface area contributed by atoms with Crippen LogP contribution in [0, 0.1) is 52.3 Å². The van der Waals surface area contributed by atoms with Gasteiger partial charge >= 0.3 is 0 Å². The van der Waals surface area contributed by atoms with E-state index in [1.807, 2.05) is 6.92 Å². The van der Waals surface area contributed by atoms with Gasteiger partial charge in [0.05, 0.1) is 12.2 Å². The molecule has 14 atom stereocenters. The van der Waals surface area contributed by atoms with E-state index in [0.717, 1.165) is 30.6 Å². The van der Waals surface area contributed by atoms with E-state index >= 15 is 0 Å². The van der Waals surface area contributed by atoms with Crippen molar-refractivity contribution in [2.24, 2.45) is 52.3 Å². The third kappa shape index (κ3) is 5.95. The summed E-state index contributed by atoms with van der Waals surface area (Å²) >= 11 is 0. The van der Waals surface area contributed by atoms with Gasteiger partial charge in [-0.1, -0.05) is 72.2 Å². The van der Waals surface area contributed by atoms with Gasteiger partial charge in [0.2, 0.25) is 0 Å². The molecule has 0 unspecified atom stereocenters. The summed E-state index contributed by atoms with van der Waals surface area (Å²) in [5, 5.41) is 29.2. The van der Waals surface area contributed by atoms with Crippen LogP contribution >= 0.6 is 0 Å². The number of benzene rings is 1. The maximum atomic E-state index is 11.3. The molecule has 7 aliphatic rings. The summed E-state index contributed by atoms with van der Waals surface area (Å²) < 4.78 is 0. The Morgan fingerprint density at radius 3 is 2.60 bits per heavy atom. The van der Waals surface area contributed by atoms with E-state index in [-0.39, 0.29) is 29.2 Å². The lowest BCUT2D eigenvalue weighted by Gasteiger charge is -2.58. The number of aliphatic hydroxyl groups excluding tert-OH is 2. The fourth-order valence-corrected chi connectivity index (χ4v) is 14.2. The van der Waals surface area contributed by atoms with Crippen molar-refractivity contribution in [1.82, 2.24) is 10.6 Å². The number of aliphatic hydroxyl groups is 2. The van der Waals surface area contributed by atoms with Gasteiger partial charge < -0.3 is 20.8 Å². The molecular formula is C46H68N2O2. The number of aryl methyl sites for hydroxylation is 1. The van der Waals surface area contributed by atoms with Crippen LogP contribution in [0.15, 0.2) is 65.3 Å². The maximum absolute atomic E-state index is 11.3. The molecule has 5 saturated carbocycles. The lowest BCUT2D eigenvalue weighted by molar-refractivity contribution is 0.00418. The summed E-state index contributed by atoms with van der Waals surface area (Å²) in [6.07, 6.45) is 19.7. The van der Waals surface area contributed by atoms with Gasteiger partial charge in [0.25, 0.3) is 0 Å². The minimum atomic E-state index is -0.373. The lowest BCUT2D eigenvalue weighted by Crippen LogP contribution is -2.61. The van der Waals surface area contributed by atoms with Crippen molar-refractivity contribution < 1.29 is 10.2 Å². The highest BCUT2D eigenvalue weighted by Crippen LogP contribution is 2.69. The zero-order valence-corrected chi connectivity index (χ0v) is 32.0. The third-order valence-electron chi connectivity index (χ3n) is 16.7. The number of fused-ring (bicyclic) bond motifs is 7. The largest absolute Gasteiger partial charge is 0.392 e. The first kappa shape index (κ1) is 35.3. The van der Waals surface area contributed by atoms with Crippen LogP contribution in [0.5, 0.6) is 0 Å². The monoisotopic (exact) mass is 681 g/mol. The molecule has 50 heavy (non-hydrogen) atoms. The van der Waals surface area contributed by atoms with E-state index in [1.54, 1.807) is 16.7 Å². The molecule has 6 fully saturated rings. The first-order valence-electron chi connectivity index (χ1n) is 20.9. The van der Waals surface area contributed by atoms with E-state index in [1.165, 1.54) is 88.2 Å². The van der Waals surface area contributed by atoms with Crippen LogP contribution in [-0.2, 0) is 6.42 Å². The van der Waals surface area contributed by atoms with Crippen LogP contribution in [0.1, 0.15) is 124 Å². The summed E-state index contributed by atoms with van der Waals surface area (Å²) in [5.41, 5.74) is 8.65. The van der Waals surface area contributed by atoms with E-state index in [0.29, 0.717) is 41.7 Å². The summed E-state index contributed by atoms with van der Waals surface area (Å²) in [6, 6.07) is 11.8. The SMILES string of the molecule is C=C(C)[C@H]1CC2=C(C)C=C([C@@H]3CC[C@@H]4C[C@@H]5C[C@H]6C[C@@H](NC[C@H](C)O)[C@H](O)C[C@H]6[C@@H]5[C@]4(C)N3)C[C@]2(C)[C@@]2(CC[C@@H](CCc3ccccc3)C2)C1. The Hall–Kier alpha value is -1.72. The predicted octanol–water partition coefficient (Wildman–Crippen LogP) is 8.94. The van der Waals surface area contributed by atoms with Crippen molar-refractivity contribution in [3.8, 4) is 0 Å². The zero-order chi connectivity index (χ0) is 35.0. The van der Waals surface area contributed by atoms with Gasteiger partial charge in [-0.05, 0) is 175 Å². The van der Waals surface area contributed by atoms with E-state index < -0.39 is 0 Å². The Labute approximate surface area is 304 Å². The summed E-state index contributed by atoms with van der Waals surface area (Å²) in [5.74, 6) is 4.94. The highest BCUT2D eigenvalue weighted by Gasteiger charge is 2.63. The molecular weight excluding hydrogens is 613 g/mol. The van der Waals surface area contributed by atoms with Crippen molar-refractivity contribution in [1.29, 1.82) is 0 Å². The van der Waals surface area contributed by atoms with E-state index in [2.05, 4.69) is 81.3 Å². The average molecular weight is 681 g/mol. The Balaban J connectivity index is 1.02. The molecule has 1 aromatic rings. The van der Waals surface area contributed by atoms with Gasteiger partial charge in [0.15, 0.2) is 0 Å². The Morgan fingerprint density at radius 1 is 1.04 bits per heavy atom. The molecule has 1 aliphatic heterocycles. The fraction of sp³-hybridized carbons (Fsp3) is 0.739. The number of piperidine rings is 1. The summed E-state index contributed by atoms with van der Waals surface area (Å²) in [4.78, 5) is 0. The second-order valence-corrected chi connectivity index (χ2v) is 19.6. The molecule has 4 N–H and O–H groups in total. The van der Waals surface area contributed by atoms with Crippen LogP contribution in [0.2, 0.25) is 0 Å². The van der Waals surface area contributed by atoms with Gasteiger partial charge in [-0.15, -0.1) is 0 Å². The molecule has 8 rings (SSSR count). The minimum absolute atomic E-state index is 0.123. The molecule has 1 heterocycles. The van der Waals surface area contributed by atoms with Crippen LogP contribution in [0.3, 0.4) is 0 Å². The van der Waals surface area contributed by atoms with Gasteiger partial charge in [-0.2, -0.15) is 0 Å². The quantitative estimate of drug-likeness (QED) is 0.207.